The maximum absolute atomic E-state index is 13.4. The van der Waals surface area contributed by atoms with Gasteiger partial charge in [0.05, 0.1) is 10.2 Å². The molecular formula is C18H17FN4O2S. The SMILES string of the molecule is CC(=O)N1CCNCC1C(=O)Nc1nc2ccc3cc(F)ccc3c2s1. The zero-order valence-corrected chi connectivity index (χ0v) is 14.9. The maximum Gasteiger partial charge on any atom is 0.250 e. The van der Waals surface area contributed by atoms with E-state index in [1.165, 1.54) is 30.4 Å². The Hall–Kier alpha value is -2.58. The third-order valence-electron chi connectivity index (χ3n) is 4.51. The Bertz CT molecular complexity index is 1020. The van der Waals surface area contributed by atoms with Gasteiger partial charge < -0.3 is 15.5 Å². The number of carbonyl (C=O) groups excluding carboxylic acids is 2. The lowest BCUT2D eigenvalue weighted by atomic mass is 10.1. The van der Waals surface area contributed by atoms with Crippen LogP contribution in [-0.2, 0) is 9.59 Å². The zero-order chi connectivity index (χ0) is 18.3. The highest BCUT2D eigenvalue weighted by molar-refractivity contribution is 7.23. The summed E-state index contributed by atoms with van der Waals surface area (Å²) in [5, 5.41) is 8.11. The summed E-state index contributed by atoms with van der Waals surface area (Å²) >= 11 is 1.35. The first kappa shape index (κ1) is 16.9. The van der Waals surface area contributed by atoms with Gasteiger partial charge in [0.25, 0.3) is 0 Å². The number of hydrogen-bond donors (Lipinski definition) is 2. The minimum atomic E-state index is -0.556. The number of rotatable bonds is 2. The Morgan fingerprint density at radius 3 is 3.00 bits per heavy atom. The summed E-state index contributed by atoms with van der Waals surface area (Å²) in [5.74, 6) is -0.671. The minimum Gasteiger partial charge on any atom is -0.328 e. The Labute approximate surface area is 153 Å². The molecule has 1 saturated heterocycles. The zero-order valence-electron chi connectivity index (χ0n) is 14.1. The molecule has 0 saturated carbocycles. The summed E-state index contributed by atoms with van der Waals surface area (Å²) in [6, 6.07) is 7.68. The van der Waals surface area contributed by atoms with Crippen molar-refractivity contribution in [1.29, 1.82) is 0 Å². The number of hydrogen-bond acceptors (Lipinski definition) is 5. The van der Waals surface area contributed by atoms with Crippen LogP contribution in [0.15, 0.2) is 30.3 Å². The van der Waals surface area contributed by atoms with E-state index in [1.807, 2.05) is 12.1 Å². The molecule has 1 aliphatic rings. The molecule has 2 N–H and O–H groups in total. The highest BCUT2D eigenvalue weighted by Gasteiger charge is 2.30. The van der Waals surface area contributed by atoms with Crippen molar-refractivity contribution in [2.45, 2.75) is 13.0 Å². The molecule has 0 aliphatic carbocycles. The molecule has 3 aromatic rings. The smallest absolute Gasteiger partial charge is 0.250 e. The van der Waals surface area contributed by atoms with Gasteiger partial charge in [0.2, 0.25) is 11.8 Å². The molecule has 2 aromatic carbocycles. The predicted molar refractivity (Wildman–Crippen MR) is 99.8 cm³/mol. The number of fused-ring (bicyclic) bond motifs is 3. The second-order valence-electron chi connectivity index (χ2n) is 6.22. The van der Waals surface area contributed by atoms with Gasteiger partial charge in [-0.2, -0.15) is 0 Å². The van der Waals surface area contributed by atoms with Crippen LogP contribution in [0.4, 0.5) is 9.52 Å². The summed E-state index contributed by atoms with van der Waals surface area (Å²) in [4.78, 5) is 30.4. The third kappa shape index (κ3) is 3.02. The van der Waals surface area contributed by atoms with Gasteiger partial charge in [-0.25, -0.2) is 9.37 Å². The van der Waals surface area contributed by atoms with E-state index in [1.54, 1.807) is 11.0 Å². The number of nitrogens with zero attached hydrogens (tertiary/aromatic N) is 2. The molecule has 2 heterocycles. The third-order valence-corrected chi connectivity index (χ3v) is 5.53. The lowest BCUT2D eigenvalue weighted by Crippen LogP contribution is -2.57. The summed E-state index contributed by atoms with van der Waals surface area (Å²) in [7, 11) is 0. The van der Waals surface area contributed by atoms with E-state index < -0.39 is 6.04 Å². The summed E-state index contributed by atoms with van der Waals surface area (Å²) in [6.45, 7) is 3.06. The molecule has 134 valence electrons. The number of nitrogens with one attached hydrogen (secondary N) is 2. The van der Waals surface area contributed by atoms with Gasteiger partial charge in [-0.15, -0.1) is 0 Å². The number of carbonyl (C=O) groups is 2. The molecule has 26 heavy (non-hydrogen) atoms. The number of piperazine rings is 1. The van der Waals surface area contributed by atoms with Crippen LogP contribution in [0.2, 0.25) is 0 Å². The van der Waals surface area contributed by atoms with Gasteiger partial charge in [0.15, 0.2) is 5.13 Å². The highest BCUT2D eigenvalue weighted by Crippen LogP contribution is 2.33. The first-order valence-corrected chi connectivity index (χ1v) is 9.12. The van der Waals surface area contributed by atoms with E-state index >= 15 is 0 Å². The average molecular weight is 372 g/mol. The molecule has 0 radical (unpaired) electrons. The number of halogens is 1. The van der Waals surface area contributed by atoms with E-state index in [2.05, 4.69) is 15.6 Å². The first-order valence-electron chi connectivity index (χ1n) is 8.30. The number of amides is 2. The Kier molecular flexibility index (Phi) is 4.29. The fraction of sp³-hybridized carbons (Fsp3) is 0.278. The van der Waals surface area contributed by atoms with Gasteiger partial charge in [-0.3, -0.25) is 9.59 Å². The van der Waals surface area contributed by atoms with Gasteiger partial charge in [0, 0.05) is 31.9 Å². The molecule has 0 spiro atoms. The molecule has 1 aliphatic heterocycles. The van der Waals surface area contributed by atoms with Gasteiger partial charge in [0.1, 0.15) is 11.9 Å². The Morgan fingerprint density at radius 1 is 1.35 bits per heavy atom. The van der Waals surface area contributed by atoms with Gasteiger partial charge in [-0.05, 0) is 29.7 Å². The summed E-state index contributed by atoms with van der Waals surface area (Å²) < 4.78 is 14.3. The normalized spacial score (nSPS) is 17.6. The average Bonchev–Trinajstić information content (AvgIpc) is 3.04. The van der Waals surface area contributed by atoms with E-state index in [4.69, 9.17) is 0 Å². The second-order valence-corrected chi connectivity index (χ2v) is 7.22. The van der Waals surface area contributed by atoms with Crippen molar-refractivity contribution in [3.63, 3.8) is 0 Å². The van der Waals surface area contributed by atoms with Crippen molar-refractivity contribution >= 4 is 49.3 Å². The van der Waals surface area contributed by atoms with Crippen molar-refractivity contribution in [1.82, 2.24) is 15.2 Å². The van der Waals surface area contributed by atoms with Crippen LogP contribution < -0.4 is 10.6 Å². The quantitative estimate of drug-likeness (QED) is 0.724. The minimum absolute atomic E-state index is 0.121. The number of thiazole rings is 1. The van der Waals surface area contributed by atoms with Crippen molar-refractivity contribution in [2.24, 2.45) is 0 Å². The fourth-order valence-electron chi connectivity index (χ4n) is 3.24. The summed E-state index contributed by atoms with van der Waals surface area (Å²) in [5.41, 5.74) is 0.745. The molecule has 0 bridgehead atoms. The predicted octanol–water partition coefficient (Wildman–Crippen LogP) is 2.35. The molecule has 8 heteroatoms. The van der Waals surface area contributed by atoms with E-state index in [0.29, 0.717) is 24.8 Å². The molecule has 4 rings (SSSR count). The standard InChI is InChI=1S/C18H17FN4O2S/c1-10(24)23-7-6-20-9-15(23)17(25)22-18-21-14-5-2-11-8-12(19)3-4-13(11)16(14)26-18/h2-5,8,15,20H,6-7,9H2,1H3,(H,21,22,25). The van der Waals surface area contributed by atoms with Crippen LogP contribution in [0.1, 0.15) is 6.92 Å². The number of benzene rings is 2. The number of anilines is 1. The van der Waals surface area contributed by atoms with Crippen LogP contribution in [0, 0.1) is 5.82 Å². The molecule has 1 atom stereocenters. The van der Waals surface area contributed by atoms with Crippen molar-refractivity contribution < 1.29 is 14.0 Å². The highest BCUT2D eigenvalue weighted by atomic mass is 32.1. The van der Waals surface area contributed by atoms with E-state index in [-0.39, 0.29) is 17.6 Å². The van der Waals surface area contributed by atoms with Crippen LogP contribution in [0.5, 0.6) is 0 Å². The molecule has 1 unspecified atom stereocenters. The molecule has 1 fully saturated rings. The molecule has 1 aromatic heterocycles. The van der Waals surface area contributed by atoms with E-state index in [0.717, 1.165) is 21.0 Å². The lowest BCUT2D eigenvalue weighted by molar-refractivity contribution is -0.137. The Balaban J connectivity index is 1.63. The summed E-state index contributed by atoms with van der Waals surface area (Å²) in [6.07, 6.45) is 0. The lowest BCUT2D eigenvalue weighted by Gasteiger charge is -2.34. The van der Waals surface area contributed by atoms with Crippen LogP contribution in [-0.4, -0.2) is 47.4 Å². The van der Waals surface area contributed by atoms with Gasteiger partial charge >= 0.3 is 0 Å². The van der Waals surface area contributed by atoms with Crippen LogP contribution in [0.25, 0.3) is 21.0 Å². The molecule has 6 nitrogen and oxygen atoms in total. The van der Waals surface area contributed by atoms with E-state index in [9.17, 15) is 14.0 Å². The molecule has 2 amide bonds. The van der Waals surface area contributed by atoms with Gasteiger partial charge in [-0.1, -0.05) is 17.4 Å². The van der Waals surface area contributed by atoms with Crippen molar-refractivity contribution in [3.8, 4) is 0 Å². The van der Waals surface area contributed by atoms with Crippen molar-refractivity contribution in [2.75, 3.05) is 25.0 Å². The topological polar surface area (TPSA) is 74.3 Å². The van der Waals surface area contributed by atoms with Crippen LogP contribution in [0.3, 0.4) is 0 Å². The second kappa shape index (κ2) is 6.62. The van der Waals surface area contributed by atoms with Crippen molar-refractivity contribution in [3.05, 3.63) is 36.1 Å². The fourth-order valence-corrected chi connectivity index (χ4v) is 4.25. The monoisotopic (exact) mass is 372 g/mol. The number of aromatic nitrogens is 1. The molecular weight excluding hydrogens is 355 g/mol. The van der Waals surface area contributed by atoms with Crippen LogP contribution >= 0.6 is 11.3 Å². The largest absolute Gasteiger partial charge is 0.328 e. The maximum atomic E-state index is 13.4. The Morgan fingerprint density at radius 2 is 2.19 bits per heavy atom. The first-order chi connectivity index (χ1) is 12.5.